The largest absolute Gasteiger partial charge is 0.340 e. The van der Waals surface area contributed by atoms with Crippen molar-refractivity contribution in [3.63, 3.8) is 0 Å². The Morgan fingerprint density at radius 1 is 1.09 bits per heavy atom. The average Bonchev–Trinajstić information content (AvgIpc) is 2.46. The topological polar surface area (TPSA) is 23.6 Å². The molecule has 3 nitrogen and oxygen atoms in total. The number of rotatable bonds is 4. The number of carbonyl (C=O) groups is 1. The molecule has 1 heterocycles. The van der Waals surface area contributed by atoms with E-state index in [4.69, 9.17) is 0 Å². The Hall–Kier alpha value is -1.35. The van der Waals surface area contributed by atoms with Crippen molar-refractivity contribution in [3.05, 3.63) is 35.4 Å². The van der Waals surface area contributed by atoms with Crippen LogP contribution in [-0.2, 0) is 11.3 Å². The lowest BCUT2D eigenvalue weighted by Crippen LogP contribution is -2.50. The zero-order valence-corrected chi connectivity index (χ0v) is 13.9. The maximum absolute atomic E-state index is 12.3. The Balaban J connectivity index is 1.48. The second kappa shape index (κ2) is 6.82. The Labute approximate surface area is 134 Å². The van der Waals surface area contributed by atoms with E-state index in [-0.39, 0.29) is 0 Å². The Morgan fingerprint density at radius 3 is 2.23 bits per heavy atom. The number of hydrogen-bond acceptors (Lipinski definition) is 2. The first kappa shape index (κ1) is 15.5. The third-order valence-electron chi connectivity index (χ3n) is 5.19. The van der Waals surface area contributed by atoms with Gasteiger partial charge in [-0.15, -0.1) is 0 Å². The molecule has 1 aromatic rings. The molecule has 2 aliphatic rings. The van der Waals surface area contributed by atoms with Crippen LogP contribution in [0.3, 0.4) is 0 Å². The van der Waals surface area contributed by atoms with Gasteiger partial charge in [-0.05, 0) is 29.9 Å². The number of hydrogen-bond donors (Lipinski definition) is 0. The SMILES string of the molecule is CC(C)c1ccc(CN2CCN(C(=O)C3CCC3)CC2)cc1. The third-order valence-corrected chi connectivity index (χ3v) is 5.19. The number of benzene rings is 1. The monoisotopic (exact) mass is 300 g/mol. The highest BCUT2D eigenvalue weighted by Gasteiger charge is 2.31. The van der Waals surface area contributed by atoms with Gasteiger partial charge in [0.15, 0.2) is 0 Å². The molecule has 0 spiro atoms. The van der Waals surface area contributed by atoms with E-state index in [0.29, 0.717) is 17.7 Å². The van der Waals surface area contributed by atoms with Crippen molar-refractivity contribution in [3.8, 4) is 0 Å². The predicted molar refractivity (Wildman–Crippen MR) is 89.7 cm³/mol. The summed E-state index contributed by atoms with van der Waals surface area (Å²) < 4.78 is 0. The molecule has 2 fully saturated rings. The van der Waals surface area contributed by atoms with Crippen molar-refractivity contribution >= 4 is 5.91 Å². The molecule has 3 heteroatoms. The van der Waals surface area contributed by atoms with Gasteiger partial charge in [0.2, 0.25) is 5.91 Å². The third kappa shape index (κ3) is 3.52. The number of carbonyl (C=O) groups excluding carboxylic acids is 1. The summed E-state index contributed by atoms with van der Waals surface area (Å²) >= 11 is 0. The standard InChI is InChI=1S/C19H28N2O/c1-15(2)17-8-6-16(7-9-17)14-20-10-12-21(13-11-20)19(22)18-4-3-5-18/h6-9,15,18H,3-5,10-14H2,1-2H3. The van der Waals surface area contributed by atoms with E-state index in [1.807, 2.05) is 0 Å². The van der Waals surface area contributed by atoms with Crippen LogP contribution in [0.25, 0.3) is 0 Å². The van der Waals surface area contributed by atoms with E-state index in [2.05, 4.69) is 47.9 Å². The van der Waals surface area contributed by atoms with Crippen molar-refractivity contribution in [1.82, 2.24) is 9.80 Å². The van der Waals surface area contributed by atoms with Gasteiger partial charge >= 0.3 is 0 Å². The molecular weight excluding hydrogens is 272 g/mol. The van der Waals surface area contributed by atoms with Gasteiger partial charge in [0.05, 0.1) is 0 Å². The minimum atomic E-state index is 0.343. The molecule has 120 valence electrons. The fourth-order valence-corrected chi connectivity index (χ4v) is 3.31. The minimum absolute atomic E-state index is 0.343. The van der Waals surface area contributed by atoms with Gasteiger partial charge in [-0.25, -0.2) is 0 Å². The van der Waals surface area contributed by atoms with Crippen LogP contribution in [0.4, 0.5) is 0 Å². The van der Waals surface area contributed by atoms with Gasteiger partial charge in [-0.2, -0.15) is 0 Å². The molecule has 1 saturated carbocycles. The van der Waals surface area contributed by atoms with Crippen LogP contribution in [0, 0.1) is 5.92 Å². The van der Waals surface area contributed by atoms with Crippen LogP contribution in [0.2, 0.25) is 0 Å². The molecule has 1 saturated heterocycles. The van der Waals surface area contributed by atoms with Gasteiger partial charge in [-0.3, -0.25) is 9.69 Å². The summed E-state index contributed by atoms with van der Waals surface area (Å²) in [6.45, 7) is 9.28. The van der Waals surface area contributed by atoms with Gasteiger partial charge < -0.3 is 4.90 Å². The van der Waals surface area contributed by atoms with Crippen LogP contribution < -0.4 is 0 Å². The smallest absolute Gasteiger partial charge is 0.225 e. The minimum Gasteiger partial charge on any atom is -0.340 e. The van der Waals surface area contributed by atoms with Crippen molar-refractivity contribution < 1.29 is 4.79 Å². The quantitative estimate of drug-likeness (QED) is 0.852. The molecule has 0 N–H and O–H groups in total. The zero-order chi connectivity index (χ0) is 15.5. The Bertz CT molecular complexity index is 497. The molecule has 22 heavy (non-hydrogen) atoms. The predicted octanol–water partition coefficient (Wildman–Crippen LogP) is 3.25. The fourth-order valence-electron chi connectivity index (χ4n) is 3.31. The van der Waals surface area contributed by atoms with Gasteiger partial charge in [0.1, 0.15) is 0 Å². The van der Waals surface area contributed by atoms with Crippen molar-refractivity contribution in [1.29, 1.82) is 0 Å². The molecular formula is C19H28N2O. The lowest BCUT2D eigenvalue weighted by Gasteiger charge is -2.38. The lowest BCUT2D eigenvalue weighted by atomic mass is 9.84. The summed E-state index contributed by atoms with van der Waals surface area (Å²) in [4.78, 5) is 16.8. The summed E-state index contributed by atoms with van der Waals surface area (Å²) in [6.07, 6.45) is 3.46. The highest BCUT2D eigenvalue weighted by atomic mass is 16.2. The molecule has 0 atom stereocenters. The van der Waals surface area contributed by atoms with E-state index in [1.54, 1.807) is 0 Å². The van der Waals surface area contributed by atoms with Gasteiger partial charge in [0.25, 0.3) is 0 Å². The van der Waals surface area contributed by atoms with Crippen LogP contribution in [0.5, 0.6) is 0 Å². The fraction of sp³-hybridized carbons (Fsp3) is 0.632. The van der Waals surface area contributed by atoms with Crippen LogP contribution >= 0.6 is 0 Å². The van der Waals surface area contributed by atoms with Crippen LogP contribution in [0.1, 0.15) is 50.2 Å². The normalized spacial score (nSPS) is 20.2. The maximum atomic E-state index is 12.3. The molecule has 0 radical (unpaired) electrons. The summed E-state index contributed by atoms with van der Waals surface area (Å²) in [6, 6.07) is 9.00. The number of amides is 1. The molecule has 1 aromatic carbocycles. The van der Waals surface area contributed by atoms with Crippen LogP contribution in [0.15, 0.2) is 24.3 Å². The zero-order valence-electron chi connectivity index (χ0n) is 13.9. The first-order valence-electron chi connectivity index (χ1n) is 8.73. The highest BCUT2D eigenvalue weighted by molar-refractivity contribution is 5.79. The van der Waals surface area contributed by atoms with Gasteiger partial charge in [0, 0.05) is 38.6 Å². The van der Waals surface area contributed by atoms with Crippen LogP contribution in [-0.4, -0.2) is 41.9 Å². The first-order valence-corrected chi connectivity index (χ1v) is 8.73. The summed E-state index contributed by atoms with van der Waals surface area (Å²) in [5, 5.41) is 0. The van der Waals surface area contributed by atoms with E-state index in [0.717, 1.165) is 45.6 Å². The van der Waals surface area contributed by atoms with E-state index in [1.165, 1.54) is 17.5 Å². The Kier molecular flexibility index (Phi) is 4.82. The lowest BCUT2D eigenvalue weighted by molar-refractivity contribution is -0.140. The summed E-state index contributed by atoms with van der Waals surface area (Å²) in [5.74, 6) is 1.34. The van der Waals surface area contributed by atoms with E-state index < -0.39 is 0 Å². The molecule has 0 aromatic heterocycles. The number of nitrogens with zero attached hydrogens (tertiary/aromatic N) is 2. The molecule has 1 amide bonds. The first-order chi connectivity index (χ1) is 10.6. The summed E-state index contributed by atoms with van der Waals surface area (Å²) in [7, 11) is 0. The molecule has 3 rings (SSSR count). The van der Waals surface area contributed by atoms with Gasteiger partial charge in [-0.1, -0.05) is 44.5 Å². The van der Waals surface area contributed by atoms with Crippen molar-refractivity contribution in [2.45, 2.75) is 45.6 Å². The van der Waals surface area contributed by atoms with E-state index in [9.17, 15) is 4.79 Å². The van der Waals surface area contributed by atoms with E-state index >= 15 is 0 Å². The van der Waals surface area contributed by atoms with Crippen molar-refractivity contribution in [2.75, 3.05) is 26.2 Å². The Morgan fingerprint density at radius 2 is 1.73 bits per heavy atom. The molecule has 1 aliphatic carbocycles. The maximum Gasteiger partial charge on any atom is 0.225 e. The number of piperazine rings is 1. The second-order valence-electron chi connectivity index (χ2n) is 7.13. The second-order valence-corrected chi connectivity index (χ2v) is 7.13. The average molecular weight is 300 g/mol. The molecule has 0 unspecified atom stereocenters. The molecule has 0 bridgehead atoms. The van der Waals surface area contributed by atoms with Crippen molar-refractivity contribution in [2.24, 2.45) is 5.92 Å². The highest BCUT2D eigenvalue weighted by Crippen LogP contribution is 2.28. The summed E-state index contributed by atoms with van der Waals surface area (Å²) in [5.41, 5.74) is 2.78. The molecule has 1 aliphatic heterocycles.